The zero-order valence-electron chi connectivity index (χ0n) is 11.8. The summed E-state index contributed by atoms with van der Waals surface area (Å²) in [5.41, 5.74) is 0.911. The fourth-order valence-corrected chi connectivity index (χ4v) is 2.29. The lowest BCUT2D eigenvalue weighted by atomic mass is 10.1. The highest BCUT2D eigenvalue weighted by molar-refractivity contribution is 7.89. The molecule has 1 atom stereocenters. The van der Waals surface area contributed by atoms with Crippen LogP contribution in [-0.2, 0) is 25.9 Å². The maximum atomic E-state index is 12.1. The molecule has 0 aliphatic carbocycles. The first-order valence-corrected chi connectivity index (χ1v) is 7.69. The largest absolute Gasteiger partial charge is 0.457 e. The Balaban J connectivity index is 3.11. The van der Waals surface area contributed by atoms with Crippen LogP contribution in [0.15, 0.2) is 23.1 Å². The van der Waals surface area contributed by atoms with E-state index in [0.29, 0.717) is 12.0 Å². The van der Waals surface area contributed by atoms with Gasteiger partial charge in [0.25, 0.3) is 0 Å². The van der Waals surface area contributed by atoms with E-state index in [1.165, 1.54) is 19.2 Å². The van der Waals surface area contributed by atoms with Gasteiger partial charge in [-0.25, -0.2) is 18.4 Å². The Hall–Kier alpha value is -1.44. The lowest BCUT2D eigenvalue weighted by molar-refractivity contribution is 0.0119. The summed E-state index contributed by atoms with van der Waals surface area (Å²) in [7, 11) is -2.35. The molecule has 2 N–H and O–H groups in total. The van der Waals surface area contributed by atoms with Gasteiger partial charge in [0.1, 0.15) is 6.10 Å². The summed E-state index contributed by atoms with van der Waals surface area (Å²) in [6, 6.07) is 4.19. The van der Waals surface area contributed by atoms with Crippen molar-refractivity contribution in [3.8, 4) is 0 Å². The van der Waals surface area contributed by atoms with E-state index in [9.17, 15) is 13.2 Å². The van der Waals surface area contributed by atoms with Gasteiger partial charge in [0, 0.05) is 7.11 Å². The molecule has 0 aromatic heterocycles. The predicted octanol–water partition coefficient (Wildman–Crippen LogP) is 1.09. The molecule has 0 spiro atoms. The molecule has 0 bridgehead atoms. The molecule has 1 unspecified atom stereocenters. The number of aryl methyl sites for hydroxylation is 1. The number of hydrogen-bond acceptors (Lipinski definition) is 5. The Morgan fingerprint density at radius 1 is 1.40 bits per heavy atom. The third-order valence-corrected chi connectivity index (χ3v) is 3.63. The monoisotopic (exact) mass is 301 g/mol. The Labute approximate surface area is 118 Å². The number of esters is 1. The quantitative estimate of drug-likeness (QED) is 0.793. The molecule has 7 heteroatoms. The molecule has 0 radical (unpaired) electrons. The summed E-state index contributed by atoms with van der Waals surface area (Å²) in [5.74, 6) is -0.586. The number of primary sulfonamides is 1. The van der Waals surface area contributed by atoms with Crippen LogP contribution in [0.4, 0.5) is 0 Å². The number of benzene rings is 1. The molecule has 112 valence electrons. The van der Waals surface area contributed by atoms with E-state index >= 15 is 0 Å². The van der Waals surface area contributed by atoms with Gasteiger partial charge < -0.3 is 9.47 Å². The molecular weight excluding hydrogens is 282 g/mol. The number of sulfonamides is 1. The van der Waals surface area contributed by atoms with Crippen molar-refractivity contribution < 1.29 is 22.7 Å². The van der Waals surface area contributed by atoms with Crippen LogP contribution >= 0.6 is 0 Å². The molecule has 6 nitrogen and oxygen atoms in total. The second-order valence-electron chi connectivity index (χ2n) is 4.39. The minimum absolute atomic E-state index is 0.110. The number of carbonyl (C=O) groups excluding carboxylic acids is 1. The second kappa shape index (κ2) is 6.83. The first-order valence-electron chi connectivity index (χ1n) is 6.15. The van der Waals surface area contributed by atoms with Gasteiger partial charge in [-0.1, -0.05) is 13.0 Å². The highest BCUT2D eigenvalue weighted by Gasteiger charge is 2.18. The van der Waals surface area contributed by atoms with Crippen LogP contribution in [0.1, 0.15) is 29.8 Å². The average molecular weight is 301 g/mol. The molecule has 0 saturated heterocycles. The van der Waals surface area contributed by atoms with Gasteiger partial charge in [0.2, 0.25) is 10.0 Å². The van der Waals surface area contributed by atoms with Crippen LogP contribution in [0.3, 0.4) is 0 Å². The third kappa shape index (κ3) is 4.29. The third-order valence-electron chi connectivity index (χ3n) is 2.72. The van der Waals surface area contributed by atoms with E-state index in [0.717, 1.165) is 0 Å². The molecule has 0 amide bonds. The number of rotatable bonds is 6. The molecule has 20 heavy (non-hydrogen) atoms. The molecular formula is C13H19NO5S. The van der Waals surface area contributed by atoms with Crippen molar-refractivity contribution in [3.63, 3.8) is 0 Å². The lowest BCUT2D eigenvalue weighted by Crippen LogP contribution is -2.21. The Morgan fingerprint density at radius 2 is 2.05 bits per heavy atom. The van der Waals surface area contributed by atoms with Gasteiger partial charge in [0.15, 0.2) is 0 Å². The molecule has 1 aromatic rings. The second-order valence-corrected chi connectivity index (χ2v) is 5.95. The minimum Gasteiger partial charge on any atom is -0.457 e. The molecule has 0 fully saturated rings. The molecule has 0 saturated carbocycles. The molecule has 0 aliphatic rings. The van der Waals surface area contributed by atoms with Gasteiger partial charge >= 0.3 is 5.97 Å². The van der Waals surface area contributed by atoms with Crippen LogP contribution in [0, 0.1) is 0 Å². The van der Waals surface area contributed by atoms with Crippen molar-refractivity contribution in [2.45, 2.75) is 31.3 Å². The van der Waals surface area contributed by atoms with Gasteiger partial charge in [0.05, 0.1) is 17.1 Å². The number of methoxy groups -OCH3 is 1. The number of hydrogen-bond donors (Lipinski definition) is 1. The first kappa shape index (κ1) is 16.6. The van der Waals surface area contributed by atoms with Crippen molar-refractivity contribution in [2.24, 2.45) is 5.14 Å². The van der Waals surface area contributed by atoms with Gasteiger partial charge in [-0.2, -0.15) is 0 Å². The Kier molecular flexibility index (Phi) is 5.67. The minimum atomic E-state index is -3.85. The SMILES string of the molecule is CCc1ccc(S(N)(=O)=O)cc1C(=O)OC(C)COC. The molecule has 0 heterocycles. The van der Waals surface area contributed by atoms with Gasteiger partial charge in [-0.3, -0.25) is 0 Å². The van der Waals surface area contributed by atoms with E-state index in [-0.39, 0.29) is 17.1 Å². The zero-order chi connectivity index (χ0) is 15.3. The summed E-state index contributed by atoms with van der Waals surface area (Å²) in [6.45, 7) is 3.82. The van der Waals surface area contributed by atoms with Crippen molar-refractivity contribution in [1.29, 1.82) is 0 Å². The van der Waals surface area contributed by atoms with Crippen LogP contribution < -0.4 is 5.14 Å². The summed E-state index contributed by atoms with van der Waals surface area (Å²) in [5, 5.41) is 5.07. The molecule has 1 aromatic carbocycles. The van der Waals surface area contributed by atoms with Crippen LogP contribution in [0.25, 0.3) is 0 Å². The van der Waals surface area contributed by atoms with Gasteiger partial charge in [-0.15, -0.1) is 0 Å². The number of nitrogens with two attached hydrogens (primary N) is 1. The van der Waals surface area contributed by atoms with Crippen molar-refractivity contribution in [2.75, 3.05) is 13.7 Å². The Morgan fingerprint density at radius 3 is 2.55 bits per heavy atom. The van der Waals surface area contributed by atoms with E-state index in [1.54, 1.807) is 13.0 Å². The van der Waals surface area contributed by atoms with Crippen LogP contribution in [0.2, 0.25) is 0 Å². The number of carbonyl (C=O) groups is 1. The van der Waals surface area contributed by atoms with Gasteiger partial charge in [-0.05, 0) is 31.0 Å². The van der Waals surface area contributed by atoms with E-state index in [1.807, 2.05) is 6.92 Å². The zero-order valence-corrected chi connectivity index (χ0v) is 12.6. The van der Waals surface area contributed by atoms with Crippen LogP contribution in [-0.4, -0.2) is 34.2 Å². The molecule has 1 rings (SSSR count). The number of ether oxygens (including phenoxy) is 2. The summed E-state index contributed by atoms with van der Waals surface area (Å²) >= 11 is 0. The predicted molar refractivity (Wildman–Crippen MR) is 73.9 cm³/mol. The Bertz CT molecular complexity index is 582. The molecule has 0 aliphatic heterocycles. The normalized spacial score (nSPS) is 13.0. The summed E-state index contributed by atoms with van der Waals surface area (Å²) in [4.78, 5) is 12.0. The highest BCUT2D eigenvalue weighted by Crippen LogP contribution is 2.17. The highest BCUT2D eigenvalue weighted by atomic mass is 32.2. The maximum absolute atomic E-state index is 12.1. The van der Waals surface area contributed by atoms with Crippen LogP contribution in [0.5, 0.6) is 0 Å². The summed E-state index contributed by atoms with van der Waals surface area (Å²) in [6.07, 6.45) is 0.156. The smallest absolute Gasteiger partial charge is 0.338 e. The van der Waals surface area contributed by atoms with Crippen molar-refractivity contribution in [3.05, 3.63) is 29.3 Å². The summed E-state index contributed by atoms with van der Waals surface area (Å²) < 4.78 is 32.7. The van der Waals surface area contributed by atoms with E-state index in [4.69, 9.17) is 14.6 Å². The maximum Gasteiger partial charge on any atom is 0.338 e. The van der Waals surface area contributed by atoms with E-state index < -0.39 is 22.1 Å². The lowest BCUT2D eigenvalue weighted by Gasteiger charge is -2.14. The average Bonchev–Trinajstić information content (AvgIpc) is 2.37. The van der Waals surface area contributed by atoms with E-state index in [2.05, 4.69) is 0 Å². The fourth-order valence-electron chi connectivity index (χ4n) is 1.75. The topological polar surface area (TPSA) is 95.7 Å². The first-order chi connectivity index (χ1) is 9.29. The standard InChI is InChI=1S/C13H19NO5S/c1-4-10-5-6-11(20(14,16)17)7-12(10)13(15)19-9(2)8-18-3/h5-7,9H,4,8H2,1-3H3,(H2,14,16,17). The fraction of sp³-hybridized carbons (Fsp3) is 0.462. The van der Waals surface area contributed by atoms with Crippen molar-refractivity contribution >= 4 is 16.0 Å². The van der Waals surface area contributed by atoms with Crippen molar-refractivity contribution in [1.82, 2.24) is 0 Å².